The highest BCUT2D eigenvalue weighted by atomic mass is 14.3. The lowest BCUT2D eigenvalue weighted by atomic mass is 9.71. The zero-order chi connectivity index (χ0) is 13.2. The first-order chi connectivity index (χ1) is 9.45. The monoisotopic (exact) mass is 264 g/mol. The van der Waals surface area contributed by atoms with Crippen molar-refractivity contribution in [2.45, 2.75) is 109 Å². The van der Waals surface area contributed by atoms with Crippen LogP contribution in [-0.4, -0.2) is 0 Å². The first kappa shape index (κ1) is 15.4. The van der Waals surface area contributed by atoms with E-state index in [0.717, 1.165) is 11.8 Å². The molecule has 0 unspecified atom stereocenters. The summed E-state index contributed by atoms with van der Waals surface area (Å²) in [6.07, 6.45) is 25.9. The zero-order valence-corrected chi connectivity index (χ0v) is 13.2. The van der Waals surface area contributed by atoms with Gasteiger partial charge in [0.1, 0.15) is 0 Å². The highest BCUT2D eigenvalue weighted by Gasteiger charge is 2.26. The van der Waals surface area contributed by atoms with E-state index in [1.54, 1.807) is 38.5 Å². The van der Waals surface area contributed by atoms with Crippen LogP contribution in [0.3, 0.4) is 0 Å². The van der Waals surface area contributed by atoms with E-state index in [0.29, 0.717) is 0 Å². The molecule has 5 aliphatic carbocycles. The summed E-state index contributed by atoms with van der Waals surface area (Å²) in [4.78, 5) is 0. The van der Waals surface area contributed by atoms with Gasteiger partial charge in [-0.15, -0.1) is 0 Å². The van der Waals surface area contributed by atoms with Crippen LogP contribution < -0.4 is 0 Å². The van der Waals surface area contributed by atoms with Gasteiger partial charge in [0.25, 0.3) is 0 Å². The van der Waals surface area contributed by atoms with E-state index in [1.807, 2.05) is 0 Å². The number of fused-ring (bicyclic) bond motifs is 3. The molecule has 0 spiro atoms. The molecule has 0 aromatic carbocycles. The van der Waals surface area contributed by atoms with Crippen molar-refractivity contribution in [1.29, 1.82) is 0 Å². The second-order valence-corrected chi connectivity index (χ2v) is 7.35. The first-order valence-corrected chi connectivity index (χ1v) is 9.45. The molecular weight excluding hydrogens is 228 g/mol. The van der Waals surface area contributed by atoms with Crippen LogP contribution in [0.1, 0.15) is 109 Å². The fourth-order valence-corrected chi connectivity index (χ4v) is 4.22. The van der Waals surface area contributed by atoms with Crippen molar-refractivity contribution in [2.24, 2.45) is 11.8 Å². The lowest BCUT2D eigenvalue weighted by Crippen LogP contribution is -2.21. The predicted octanol–water partition coefficient (Wildman–Crippen LogP) is 6.88. The van der Waals surface area contributed by atoms with E-state index in [1.165, 1.54) is 70.6 Å². The van der Waals surface area contributed by atoms with Crippen LogP contribution in [0.25, 0.3) is 0 Å². The summed E-state index contributed by atoms with van der Waals surface area (Å²) in [5, 5.41) is 0. The van der Waals surface area contributed by atoms with Gasteiger partial charge in [-0.25, -0.2) is 0 Å². The van der Waals surface area contributed by atoms with Gasteiger partial charge >= 0.3 is 0 Å². The molecule has 0 heterocycles. The third kappa shape index (κ3) is 6.82. The van der Waals surface area contributed by atoms with Crippen LogP contribution in [0.4, 0.5) is 0 Å². The third-order valence-corrected chi connectivity index (χ3v) is 5.70. The minimum absolute atomic E-state index is 1.15. The largest absolute Gasteiger partial charge is 0.0533 e. The fraction of sp³-hybridized carbons (Fsp3) is 1.00. The van der Waals surface area contributed by atoms with Crippen molar-refractivity contribution in [1.82, 2.24) is 0 Å². The van der Waals surface area contributed by atoms with Gasteiger partial charge in [-0.3, -0.25) is 0 Å². The molecule has 0 nitrogen and oxygen atoms in total. The minimum atomic E-state index is 1.15. The topological polar surface area (TPSA) is 0 Å². The Labute approximate surface area is 121 Å². The summed E-state index contributed by atoms with van der Waals surface area (Å²) in [5.74, 6) is 2.31. The Balaban J connectivity index is 0.000000109. The van der Waals surface area contributed by atoms with Gasteiger partial charge in [-0.05, 0) is 11.8 Å². The molecule has 0 aromatic rings. The van der Waals surface area contributed by atoms with Gasteiger partial charge in [-0.1, -0.05) is 109 Å². The van der Waals surface area contributed by atoms with E-state index in [4.69, 9.17) is 0 Å². The summed E-state index contributed by atoms with van der Waals surface area (Å²) in [7, 11) is 0. The van der Waals surface area contributed by atoms with Crippen molar-refractivity contribution in [3.8, 4) is 0 Å². The molecule has 5 rings (SSSR count). The maximum Gasteiger partial charge on any atom is -0.0414 e. The number of hydrogen-bond donors (Lipinski definition) is 0. The molecule has 0 aliphatic heterocycles. The van der Waals surface area contributed by atoms with Crippen LogP contribution in [-0.2, 0) is 0 Å². The second-order valence-electron chi connectivity index (χ2n) is 7.35. The fourth-order valence-electron chi connectivity index (χ4n) is 4.22. The van der Waals surface area contributed by atoms with Crippen molar-refractivity contribution in [3.05, 3.63) is 0 Å². The minimum Gasteiger partial charge on any atom is -0.0533 e. The lowest BCUT2D eigenvalue weighted by Gasteiger charge is -2.35. The van der Waals surface area contributed by atoms with Crippen molar-refractivity contribution in [2.75, 3.05) is 0 Å². The molecule has 0 heteroatoms. The SMILES string of the molecule is C1CC2CCC1CC2.C1CCCC1.C1CCCCC1. The third-order valence-electron chi connectivity index (χ3n) is 5.70. The van der Waals surface area contributed by atoms with Crippen LogP contribution in [0, 0.1) is 11.8 Å². The zero-order valence-electron chi connectivity index (χ0n) is 13.2. The second kappa shape index (κ2) is 9.83. The van der Waals surface area contributed by atoms with Gasteiger partial charge in [0.15, 0.2) is 0 Å². The molecule has 2 bridgehead atoms. The van der Waals surface area contributed by atoms with E-state index in [-0.39, 0.29) is 0 Å². The molecule has 5 fully saturated rings. The Bertz CT molecular complexity index is 150. The normalized spacial score (nSPS) is 32.8. The first-order valence-electron chi connectivity index (χ1n) is 9.45. The Morgan fingerprint density at radius 2 is 0.421 bits per heavy atom. The summed E-state index contributed by atoms with van der Waals surface area (Å²) in [6.45, 7) is 0. The maximum absolute atomic E-state index is 1.56. The van der Waals surface area contributed by atoms with Crippen LogP contribution in [0.5, 0.6) is 0 Å². The quantitative estimate of drug-likeness (QED) is 0.447. The standard InChI is InChI=1S/C8H14.C6H12.C5H10/c1-2-8-5-3-7(1)4-6-8;1-2-4-6-5-3-1;1-2-4-5-3-1/h7-8H,1-6H2;1-6H2;1-5H2. The molecule has 5 aliphatic rings. The summed E-state index contributed by atoms with van der Waals surface area (Å²) >= 11 is 0. The highest BCUT2D eigenvalue weighted by molar-refractivity contribution is 4.79. The van der Waals surface area contributed by atoms with Crippen LogP contribution >= 0.6 is 0 Å². The average molecular weight is 264 g/mol. The van der Waals surface area contributed by atoms with Gasteiger partial charge in [-0.2, -0.15) is 0 Å². The Morgan fingerprint density at radius 3 is 0.526 bits per heavy atom. The smallest absolute Gasteiger partial charge is 0.0414 e. The van der Waals surface area contributed by atoms with Gasteiger partial charge in [0, 0.05) is 0 Å². The molecule has 0 N–H and O–H groups in total. The molecular formula is C19H36. The molecule has 0 aromatic heterocycles. The highest BCUT2D eigenvalue weighted by Crippen LogP contribution is 2.40. The Hall–Kier alpha value is 0. The lowest BCUT2D eigenvalue weighted by molar-refractivity contribution is 0.176. The summed E-state index contributed by atoms with van der Waals surface area (Å²) in [6, 6.07) is 0. The Kier molecular flexibility index (Phi) is 7.97. The predicted molar refractivity (Wildman–Crippen MR) is 85.5 cm³/mol. The Morgan fingerprint density at radius 1 is 0.263 bits per heavy atom. The molecule has 0 radical (unpaired) electrons. The van der Waals surface area contributed by atoms with Crippen LogP contribution in [0.2, 0.25) is 0 Å². The maximum atomic E-state index is 1.56. The van der Waals surface area contributed by atoms with Gasteiger partial charge < -0.3 is 0 Å². The molecule has 0 amide bonds. The molecule has 0 atom stereocenters. The van der Waals surface area contributed by atoms with Crippen LogP contribution in [0.15, 0.2) is 0 Å². The molecule has 5 saturated carbocycles. The van der Waals surface area contributed by atoms with E-state index in [2.05, 4.69) is 0 Å². The van der Waals surface area contributed by atoms with Crippen molar-refractivity contribution < 1.29 is 0 Å². The summed E-state index contributed by atoms with van der Waals surface area (Å²) in [5.41, 5.74) is 0. The molecule has 0 saturated heterocycles. The van der Waals surface area contributed by atoms with E-state index < -0.39 is 0 Å². The summed E-state index contributed by atoms with van der Waals surface area (Å²) < 4.78 is 0. The number of rotatable bonds is 0. The average Bonchev–Trinajstić information content (AvgIpc) is 3.11. The molecule has 112 valence electrons. The van der Waals surface area contributed by atoms with E-state index >= 15 is 0 Å². The van der Waals surface area contributed by atoms with E-state index in [9.17, 15) is 0 Å². The number of hydrogen-bond acceptors (Lipinski definition) is 0. The van der Waals surface area contributed by atoms with Crippen molar-refractivity contribution in [3.63, 3.8) is 0 Å². The van der Waals surface area contributed by atoms with Crippen molar-refractivity contribution >= 4 is 0 Å². The van der Waals surface area contributed by atoms with Gasteiger partial charge in [0.2, 0.25) is 0 Å². The van der Waals surface area contributed by atoms with Gasteiger partial charge in [0.05, 0.1) is 0 Å². The molecule has 19 heavy (non-hydrogen) atoms.